The van der Waals surface area contributed by atoms with E-state index in [0.717, 1.165) is 31.0 Å². The number of pyridine rings is 1. The molecular formula is C13H23N3O2. The lowest BCUT2D eigenvalue weighted by Gasteiger charge is -2.22. The average molecular weight is 253 g/mol. The van der Waals surface area contributed by atoms with Crippen molar-refractivity contribution < 1.29 is 9.84 Å². The lowest BCUT2D eigenvalue weighted by molar-refractivity contribution is 0.127. The minimum absolute atomic E-state index is 0.153. The fourth-order valence-corrected chi connectivity index (χ4v) is 1.77. The van der Waals surface area contributed by atoms with Crippen molar-refractivity contribution in [2.24, 2.45) is 0 Å². The maximum absolute atomic E-state index is 9.07. The van der Waals surface area contributed by atoms with Crippen LogP contribution >= 0.6 is 0 Å². The van der Waals surface area contributed by atoms with E-state index in [-0.39, 0.29) is 6.61 Å². The molecule has 0 bridgehead atoms. The lowest BCUT2D eigenvalue weighted by atomic mass is 10.2. The van der Waals surface area contributed by atoms with Crippen molar-refractivity contribution in [2.75, 3.05) is 45.3 Å². The van der Waals surface area contributed by atoms with Crippen molar-refractivity contribution >= 4 is 5.82 Å². The molecule has 18 heavy (non-hydrogen) atoms. The van der Waals surface area contributed by atoms with E-state index in [1.165, 1.54) is 0 Å². The molecule has 0 saturated carbocycles. The van der Waals surface area contributed by atoms with Crippen LogP contribution in [0.3, 0.4) is 0 Å². The summed E-state index contributed by atoms with van der Waals surface area (Å²) in [5.41, 5.74) is 1.14. The molecule has 0 aliphatic carbocycles. The molecule has 5 nitrogen and oxygen atoms in total. The summed E-state index contributed by atoms with van der Waals surface area (Å²) in [6.45, 7) is 5.93. The summed E-state index contributed by atoms with van der Waals surface area (Å²) >= 11 is 0. The molecule has 0 amide bonds. The van der Waals surface area contributed by atoms with E-state index in [2.05, 4.69) is 28.2 Å². The summed E-state index contributed by atoms with van der Waals surface area (Å²) in [5.74, 6) is 0.917. The van der Waals surface area contributed by atoms with Crippen molar-refractivity contribution in [3.63, 3.8) is 0 Å². The number of ether oxygens (including phenoxy) is 1. The van der Waals surface area contributed by atoms with Gasteiger partial charge in [-0.25, -0.2) is 4.98 Å². The van der Waals surface area contributed by atoms with Crippen LogP contribution in [0.4, 0.5) is 5.82 Å². The maximum atomic E-state index is 9.07. The predicted molar refractivity (Wildman–Crippen MR) is 72.6 cm³/mol. The van der Waals surface area contributed by atoms with Crippen LogP contribution in [-0.4, -0.2) is 54.9 Å². The van der Waals surface area contributed by atoms with Gasteiger partial charge in [0.15, 0.2) is 0 Å². The molecule has 0 unspecified atom stereocenters. The van der Waals surface area contributed by atoms with Gasteiger partial charge in [0, 0.05) is 45.0 Å². The second-order valence-electron chi connectivity index (χ2n) is 4.03. The van der Waals surface area contributed by atoms with Crippen molar-refractivity contribution in [3.05, 3.63) is 23.9 Å². The average Bonchev–Trinajstić information content (AvgIpc) is 2.39. The largest absolute Gasteiger partial charge is 0.395 e. The van der Waals surface area contributed by atoms with Crippen molar-refractivity contribution in [1.29, 1.82) is 0 Å². The number of hydrogen-bond acceptors (Lipinski definition) is 5. The molecule has 0 saturated heterocycles. The Kier molecular flexibility index (Phi) is 7.32. The zero-order valence-electron chi connectivity index (χ0n) is 11.2. The smallest absolute Gasteiger partial charge is 0.130 e. The molecule has 1 heterocycles. The van der Waals surface area contributed by atoms with Gasteiger partial charge in [-0.15, -0.1) is 0 Å². The number of anilines is 1. The van der Waals surface area contributed by atoms with Crippen LogP contribution in [0.2, 0.25) is 0 Å². The first-order valence-electron chi connectivity index (χ1n) is 6.31. The minimum Gasteiger partial charge on any atom is -0.395 e. The molecule has 1 aromatic rings. The maximum Gasteiger partial charge on any atom is 0.130 e. The van der Waals surface area contributed by atoms with Gasteiger partial charge in [-0.2, -0.15) is 0 Å². The number of rotatable bonds is 9. The van der Waals surface area contributed by atoms with E-state index >= 15 is 0 Å². The number of aliphatic hydroxyl groups excluding tert-OH is 1. The Hall–Kier alpha value is -1.17. The second-order valence-corrected chi connectivity index (χ2v) is 4.03. The fraction of sp³-hybridized carbons (Fsp3) is 0.615. The SMILES string of the molecule is CCNc1ncccc1CN(CCO)CCOC. The van der Waals surface area contributed by atoms with E-state index in [1.54, 1.807) is 13.3 Å². The molecule has 0 aliphatic rings. The quantitative estimate of drug-likeness (QED) is 0.686. The molecule has 102 valence electrons. The number of aliphatic hydroxyl groups is 1. The second kappa shape index (κ2) is 8.85. The van der Waals surface area contributed by atoms with E-state index in [1.807, 2.05) is 6.07 Å². The molecule has 1 aromatic heterocycles. The van der Waals surface area contributed by atoms with Gasteiger partial charge >= 0.3 is 0 Å². The molecule has 0 spiro atoms. The van der Waals surface area contributed by atoms with Crippen molar-refractivity contribution in [1.82, 2.24) is 9.88 Å². The summed E-state index contributed by atoms with van der Waals surface area (Å²) in [5, 5.41) is 12.3. The first-order valence-corrected chi connectivity index (χ1v) is 6.31. The van der Waals surface area contributed by atoms with Crippen LogP contribution in [0.1, 0.15) is 12.5 Å². The first kappa shape index (κ1) is 14.9. The van der Waals surface area contributed by atoms with Crippen LogP contribution < -0.4 is 5.32 Å². The number of nitrogens with one attached hydrogen (secondary N) is 1. The molecule has 2 N–H and O–H groups in total. The summed E-state index contributed by atoms with van der Waals surface area (Å²) in [7, 11) is 1.69. The molecule has 0 fully saturated rings. The van der Waals surface area contributed by atoms with Gasteiger partial charge in [0.25, 0.3) is 0 Å². The Morgan fingerprint density at radius 2 is 2.28 bits per heavy atom. The van der Waals surface area contributed by atoms with Crippen LogP contribution in [-0.2, 0) is 11.3 Å². The van der Waals surface area contributed by atoms with Crippen molar-refractivity contribution in [2.45, 2.75) is 13.5 Å². The third-order valence-electron chi connectivity index (χ3n) is 2.66. The molecular weight excluding hydrogens is 230 g/mol. The topological polar surface area (TPSA) is 57.6 Å². The highest BCUT2D eigenvalue weighted by Crippen LogP contribution is 2.13. The summed E-state index contributed by atoms with van der Waals surface area (Å²) in [6, 6.07) is 3.99. The van der Waals surface area contributed by atoms with Gasteiger partial charge in [0.1, 0.15) is 5.82 Å². The first-order chi connectivity index (χ1) is 8.81. The summed E-state index contributed by atoms with van der Waals surface area (Å²) in [4.78, 5) is 6.48. The number of hydrogen-bond donors (Lipinski definition) is 2. The monoisotopic (exact) mass is 253 g/mol. The molecule has 1 rings (SSSR count). The Bertz CT molecular complexity index is 334. The van der Waals surface area contributed by atoms with Crippen LogP contribution in [0, 0.1) is 0 Å². The van der Waals surface area contributed by atoms with Gasteiger partial charge < -0.3 is 15.2 Å². The summed E-state index contributed by atoms with van der Waals surface area (Å²) < 4.78 is 5.08. The molecule has 0 aromatic carbocycles. The van der Waals surface area contributed by atoms with E-state index in [0.29, 0.717) is 13.2 Å². The highest BCUT2D eigenvalue weighted by atomic mass is 16.5. The van der Waals surface area contributed by atoms with E-state index < -0.39 is 0 Å². The Balaban J connectivity index is 2.66. The van der Waals surface area contributed by atoms with Gasteiger partial charge in [-0.05, 0) is 13.0 Å². The van der Waals surface area contributed by atoms with Gasteiger partial charge in [-0.1, -0.05) is 6.07 Å². The van der Waals surface area contributed by atoms with Crippen LogP contribution in [0.25, 0.3) is 0 Å². The fourth-order valence-electron chi connectivity index (χ4n) is 1.77. The predicted octanol–water partition coefficient (Wildman–Crippen LogP) is 0.954. The number of methoxy groups -OCH3 is 1. The third kappa shape index (κ3) is 5.00. The Morgan fingerprint density at radius 3 is 2.94 bits per heavy atom. The Labute approximate surface area is 109 Å². The molecule has 0 aliphatic heterocycles. The number of nitrogens with zero attached hydrogens (tertiary/aromatic N) is 2. The standard InChI is InChI=1S/C13H23N3O2/c1-3-14-13-12(5-4-6-15-13)11-16(7-9-17)8-10-18-2/h4-6,17H,3,7-11H2,1-2H3,(H,14,15). The van der Waals surface area contributed by atoms with E-state index in [4.69, 9.17) is 9.84 Å². The molecule has 5 heteroatoms. The van der Waals surface area contributed by atoms with Crippen LogP contribution in [0.15, 0.2) is 18.3 Å². The number of aromatic nitrogens is 1. The van der Waals surface area contributed by atoms with Gasteiger partial charge in [0.2, 0.25) is 0 Å². The molecule has 0 atom stereocenters. The van der Waals surface area contributed by atoms with Crippen molar-refractivity contribution in [3.8, 4) is 0 Å². The van der Waals surface area contributed by atoms with Crippen LogP contribution in [0.5, 0.6) is 0 Å². The van der Waals surface area contributed by atoms with Gasteiger partial charge in [0.05, 0.1) is 13.2 Å². The zero-order chi connectivity index (χ0) is 13.2. The third-order valence-corrected chi connectivity index (χ3v) is 2.66. The minimum atomic E-state index is 0.153. The lowest BCUT2D eigenvalue weighted by Crippen LogP contribution is -2.30. The molecule has 0 radical (unpaired) electrons. The van der Waals surface area contributed by atoms with Gasteiger partial charge in [-0.3, -0.25) is 4.90 Å². The van der Waals surface area contributed by atoms with E-state index in [9.17, 15) is 0 Å². The Morgan fingerprint density at radius 1 is 1.44 bits per heavy atom. The highest BCUT2D eigenvalue weighted by molar-refractivity contribution is 5.43. The summed E-state index contributed by atoms with van der Waals surface area (Å²) in [6.07, 6.45) is 1.78. The normalized spacial score (nSPS) is 10.9. The highest BCUT2D eigenvalue weighted by Gasteiger charge is 2.09. The zero-order valence-corrected chi connectivity index (χ0v) is 11.2.